The first-order chi connectivity index (χ1) is 10.5. The monoisotopic (exact) mass is 325 g/mol. The predicted molar refractivity (Wildman–Crippen MR) is 82.9 cm³/mol. The number of amides is 1. The summed E-state index contributed by atoms with van der Waals surface area (Å²) in [6, 6.07) is 6.86. The molecule has 22 heavy (non-hydrogen) atoms. The van der Waals surface area contributed by atoms with E-state index in [2.05, 4.69) is 5.32 Å². The number of esters is 1. The van der Waals surface area contributed by atoms with Crippen molar-refractivity contribution in [2.45, 2.75) is 44.8 Å². The summed E-state index contributed by atoms with van der Waals surface area (Å²) in [6.07, 6.45) is 3.43. The second kappa shape index (κ2) is 8.03. The van der Waals surface area contributed by atoms with E-state index >= 15 is 0 Å². The van der Waals surface area contributed by atoms with Gasteiger partial charge < -0.3 is 14.8 Å². The molecule has 1 fully saturated rings. The Morgan fingerprint density at radius 2 is 1.91 bits per heavy atom. The van der Waals surface area contributed by atoms with Crippen LogP contribution >= 0.6 is 11.6 Å². The first-order valence-electron chi connectivity index (χ1n) is 7.43. The smallest absolute Gasteiger partial charge is 0.344 e. The number of rotatable bonds is 6. The topological polar surface area (TPSA) is 64.6 Å². The van der Waals surface area contributed by atoms with Crippen LogP contribution in [0.15, 0.2) is 24.3 Å². The highest BCUT2D eigenvalue weighted by atomic mass is 35.5. The molecular formula is C16H20ClNO4. The summed E-state index contributed by atoms with van der Waals surface area (Å²) in [4.78, 5) is 23.6. The van der Waals surface area contributed by atoms with Crippen LogP contribution in [0, 0.1) is 0 Å². The summed E-state index contributed by atoms with van der Waals surface area (Å²) < 4.78 is 10.3. The molecule has 6 heteroatoms. The van der Waals surface area contributed by atoms with Gasteiger partial charge in [0.25, 0.3) is 5.91 Å². The standard InChI is InChI=1S/C16H20ClNO4/c1-11(16(20)18-13-4-2-3-5-13)22-15(19)10-21-14-8-6-12(17)7-9-14/h6-9,11,13H,2-5,10H2,1H3,(H,18,20)/t11-/m0/s1. The molecule has 1 saturated carbocycles. The number of ether oxygens (including phenoxy) is 2. The van der Waals surface area contributed by atoms with Gasteiger partial charge in [-0.05, 0) is 44.0 Å². The summed E-state index contributed by atoms with van der Waals surface area (Å²) >= 11 is 5.76. The molecule has 1 amide bonds. The Labute approximate surface area is 134 Å². The van der Waals surface area contributed by atoms with Crippen molar-refractivity contribution in [1.82, 2.24) is 5.32 Å². The van der Waals surface area contributed by atoms with Crippen molar-refractivity contribution in [3.8, 4) is 5.75 Å². The van der Waals surface area contributed by atoms with Gasteiger partial charge in [0, 0.05) is 11.1 Å². The maximum Gasteiger partial charge on any atom is 0.344 e. The van der Waals surface area contributed by atoms with Crippen LogP contribution in [-0.2, 0) is 14.3 Å². The summed E-state index contributed by atoms with van der Waals surface area (Å²) in [5, 5.41) is 3.48. The minimum atomic E-state index is -0.818. The number of benzene rings is 1. The van der Waals surface area contributed by atoms with E-state index in [4.69, 9.17) is 21.1 Å². The lowest BCUT2D eigenvalue weighted by Gasteiger charge is -2.17. The molecule has 2 rings (SSSR count). The largest absolute Gasteiger partial charge is 0.482 e. The molecule has 0 aromatic heterocycles. The minimum Gasteiger partial charge on any atom is -0.482 e. The Kier molecular flexibility index (Phi) is 6.07. The van der Waals surface area contributed by atoms with Crippen LogP contribution < -0.4 is 10.1 Å². The zero-order chi connectivity index (χ0) is 15.9. The van der Waals surface area contributed by atoms with Crippen molar-refractivity contribution in [2.24, 2.45) is 0 Å². The third kappa shape index (κ3) is 5.22. The van der Waals surface area contributed by atoms with Crippen molar-refractivity contribution in [1.29, 1.82) is 0 Å². The minimum absolute atomic E-state index is 0.207. The Balaban J connectivity index is 1.71. The number of hydrogen-bond acceptors (Lipinski definition) is 4. The normalized spacial score (nSPS) is 16.1. The van der Waals surface area contributed by atoms with Gasteiger partial charge in [-0.1, -0.05) is 24.4 Å². The van der Waals surface area contributed by atoms with Gasteiger partial charge in [-0.3, -0.25) is 4.79 Å². The van der Waals surface area contributed by atoms with Crippen LogP contribution in [0.1, 0.15) is 32.6 Å². The summed E-state index contributed by atoms with van der Waals surface area (Å²) in [6.45, 7) is 1.31. The fraction of sp³-hybridized carbons (Fsp3) is 0.500. The van der Waals surface area contributed by atoms with Crippen molar-refractivity contribution in [3.63, 3.8) is 0 Å². The van der Waals surface area contributed by atoms with Gasteiger partial charge in [0.15, 0.2) is 12.7 Å². The lowest BCUT2D eigenvalue weighted by Crippen LogP contribution is -2.41. The van der Waals surface area contributed by atoms with Gasteiger partial charge in [0.1, 0.15) is 5.75 Å². The summed E-state index contributed by atoms with van der Waals surface area (Å²) in [5.74, 6) is -0.319. The van der Waals surface area contributed by atoms with Gasteiger partial charge in [0.05, 0.1) is 0 Å². The number of nitrogens with one attached hydrogen (secondary N) is 1. The van der Waals surface area contributed by atoms with Crippen molar-refractivity contribution >= 4 is 23.5 Å². The van der Waals surface area contributed by atoms with E-state index in [1.54, 1.807) is 31.2 Å². The molecule has 0 bridgehead atoms. The van der Waals surface area contributed by atoms with Crippen LogP contribution in [-0.4, -0.2) is 30.6 Å². The van der Waals surface area contributed by atoms with Gasteiger partial charge in [-0.2, -0.15) is 0 Å². The first-order valence-corrected chi connectivity index (χ1v) is 7.80. The van der Waals surface area contributed by atoms with E-state index in [1.165, 1.54) is 0 Å². The predicted octanol–water partition coefficient (Wildman–Crippen LogP) is 2.71. The molecule has 5 nitrogen and oxygen atoms in total. The number of carbonyl (C=O) groups is 2. The molecule has 0 radical (unpaired) electrons. The second-order valence-electron chi connectivity index (χ2n) is 5.36. The zero-order valence-corrected chi connectivity index (χ0v) is 13.3. The highest BCUT2D eigenvalue weighted by Crippen LogP contribution is 2.18. The molecule has 0 heterocycles. The van der Waals surface area contributed by atoms with Crippen LogP contribution in [0.25, 0.3) is 0 Å². The van der Waals surface area contributed by atoms with Crippen LogP contribution in [0.5, 0.6) is 5.75 Å². The third-order valence-corrected chi connectivity index (χ3v) is 3.80. The molecule has 1 aromatic carbocycles. The van der Waals surface area contributed by atoms with Gasteiger partial charge in [-0.15, -0.1) is 0 Å². The van der Waals surface area contributed by atoms with E-state index in [0.29, 0.717) is 10.8 Å². The van der Waals surface area contributed by atoms with E-state index in [9.17, 15) is 9.59 Å². The van der Waals surface area contributed by atoms with E-state index in [-0.39, 0.29) is 18.6 Å². The number of carbonyl (C=O) groups excluding carboxylic acids is 2. The lowest BCUT2D eigenvalue weighted by atomic mass is 10.2. The zero-order valence-electron chi connectivity index (χ0n) is 12.5. The molecule has 1 atom stereocenters. The Morgan fingerprint density at radius 1 is 1.27 bits per heavy atom. The molecular weight excluding hydrogens is 306 g/mol. The lowest BCUT2D eigenvalue weighted by molar-refractivity contribution is -0.156. The van der Waals surface area contributed by atoms with E-state index in [0.717, 1.165) is 25.7 Å². The summed E-state index contributed by atoms with van der Waals surface area (Å²) in [5.41, 5.74) is 0. The van der Waals surface area contributed by atoms with Gasteiger partial charge in [0.2, 0.25) is 0 Å². The maximum absolute atomic E-state index is 11.9. The average Bonchev–Trinajstić information content (AvgIpc) is 2.99. The number of hydrogen-bond donors (Lipinski definition) is 1. The molecule has 120 valence electrons. The van der Waals surface area contributed by atoms with E-state index < -0.39 is 12.1 Å². The third-order valence-electron chi connectivity index (χ3n) is 3.55. The van der Waals surface area contributed by atoms with Crippen LogP contribution in [0.3, 0.4) is 0 Å². The van der Waals surface area contributed by atoms with E-state index in [1.807, 2.05) is 0 Å². The molecule has 0 unspecified atom stereocenters. The fourth-order valence-corrected chi connectivity index (χ4v) is 2.47. The van der Waals surface area contributed by atoms with Crippen LogP contribution in [0.4, 0.5) is 0 Å². The molecule has 1 aliphatic rings. The molecule has 0 saturated heterocycles. The maximum atomic E-state index is 11.9. The fourth-order valence-electron chi connectivity index (χ4n) is 2.35. The number of halogens is 1. The highest BCUT2D eigenvalue weighted by molar-refractivity contribution is 6.30. The molecule has 1 N–H and O–H groups in total. The Bertz CT molecular complexity index is 511. The van der Waals surface area contributed by atoms with Crippen LogP contribution in [0.2, 0.25) is 5.02 Å². The average molecular weight is 326 g/mol. The van der Waals surface area contributed by atoms with Crippen molar-refractivity contribution in [3.05, 3.63) is 29.3 Å². The van der Waals surface area contributed by atoms with Gasteiger partial charge in [-0.25, -0.2) is 4.79 Å². The summed E-state index contributed by atoms with van der Waals surface area (Å²) in [7, 11) is 0. The Morgan fingerprint density at radius 3 is 2.55 bits per heavy atom. The molecule has 0 aliphatic heterocycles. The quantitative estimate of drug-likeness (QED) is 0.817. The van der Waals surface area contributed by atoms with Crippen molar-refractivity contribution in [2.75, 3.05) is 6.61 Å². The second-order valence-corrected chi connectivity index (χ2v) is 5.80. The highest BCUT2D eigenvalue weighted by Gasteiger charge is 2.23. The SMILES string of the molecule is C[C@H](OC(=O)COc1ccc(Cl)cc1)C(=O)NC1CCCC1. The molecule has 0 spiro atoms. The molecule has 1 aromatic rings. The van der Waals surface area contributed by atoms with Crippen molar-refractivity contribution < 1.29 is 19.1 Å². The van der Waals surface area contributed by atoms with Gasteiger partial charge >= 0.3 is 5.97 Å². The first kappa shape index (κ1) is 16.6. The Hall–Kier alpha value is -1.75. The molecule has 1 aliphatic carbocycles.